The van der Waals surface area contributed by atoms with Gasteiger partial charge in [-0.15, -0.1) is 6.42 Å². The molecular formula is C21H26O4. The Morgan fingerprint density at radius 3 is 2.68 bits per heavy atom. The molecule has 0 aliphatic heterocycles. The van der Waals surface area contributed by atoms with Crippen LogP contribution in [0.1, 0.15) is 55.8 Å². The Morgan fingerprint density at radius 1 is 1.24 bits per heavy atom. The van der Waals surface area contributed by atoms with Crippen molar-refractivity contribution in [2.75, 3.05) is 7.11 Å². The summed E-state index contributed by atoms with van der Waals surface area (Å²) in [5, 5.41) is 32.7. The summed E-state index contributed by atoms with van der Waals surface area (Å²) in [5.41, 5.74) is 0.0168. The SMILES string of the molecule is C#C[C@]1(O)CC[C@H]2[C@@H]3C[C@@H](O)c4cc(OC)ccc4[C@H]3C[C@@H](O)[C@@]21C. The number of rotatable bonds is 1. The molecule has 0 aromatic heterocycles. The Bertz CT molecular complexity index is 738. The predicted octanol–water partition coefficient (Wildman–Crippen LogP) is 2.38. The molecule has 0 bridgehead atoms. The van der Waals surface area contributed by atoms with E-state index in [-0.39, 0.29) is 17.8 Å². The van der Waals surface area contributed by atoms with Gasteiger partial charge in [0.2, 0.25) is 0 Å². The summed E-state index contributed by atoms with van der Waals surface area (Å²) in [4.78, 5) is 0. The number of hydrogen-bond donors (Lipinski definition) is 3. The van der Waals surface area contributed by atoms with Crippen molar-refractivity contribution in [1.29, 1.82) is 0 Å². The first-order valence-corrected chi connectivity index (χ1v) is 9.10. The fourth-order valence-corrected chi connectivity index (χ4v) is 5.97. The number of aliphatic hydroxyl groups excluding tert-OH is 2. The summed E-state index contributed by atoms with van der Waals surface area (Å²) in [6.07, 6.45) is 6.94. The quantitative estimate of drug-likeness (QED) is 0.686. The molecule has 2 saturated carbocycles. The van der Waals surface area contributed by atoms with Gasteiger partial charge in [-0.3, -0.25) is 0 Å². The third-order valence-corrected chi connectivity index (χ3v) is 7.47. The zero-order valence-corrected chi connectivity index (χ0v) is 14.8. The van der Waals surface area contributed by atoms with E-state index >= 15 is 0 Å². The fourth-order valence-electron chi connectivity index (χ4n) is 5.97. The molecule has 25 heavy (non-hydrogen) atoms. The molecule has 134 valence electrons. The first-order valence-electron chi connectivity index (χ1n) is 9.10. The number of methoxy groups -OCH3 is 1. The van der Waals surface area contributed by atoms with E-state index in [0.717, 1.165) is 23.3 Å². The Balaban J connectivity index is 1.78. The van der Waals surface area contributed by atoms with Crippen molar-refractivity contribution < 1.29 is 20.1 Å². The fraction of sp³-hybridized carbons (Fsp3) is 0.619. The number of aliphatic hydroxyl groups is 3. The smallest absolute Gasteiger partial charge is 0.133 e. The van der Waals surface area contributed by atoms with Gasteiger partial charge in [0.25, 0.3) is 0 Å². The lowest BCUT2D eigenvalue weighted by Gasteiger charge is -2.55. The molecule has 3 aliphatic rings. The largest absolute Gasteiger partial charge is 0.497 e. The van der Waals surface area contributed by atoms with E-state index in [1.54, 1.807) is 7.11 Å². The molecule has 0 spiro atoms. The van der Waals surface area contributed by atoms with Gasteiger partial charge in [0.15, 0.2) is 0 Å². The third-order valence-electron chi connectivity index (χ3n) is 7.47. The van der Waals surface area contributed by atoms with Crippen LogP contribution in [-0.2, 0) is 0 Å². The summed E-state index contributed by atoms with van der Waals surface area (Å²) >= 11 is 0. The molecule has 0 radical (unpaired) electrons. The molecule has 1 aromatic rings. The van der Waals surface area contributed by atoms with Gasteiger partial charge >= 0.3 is 0 Å². The Labute approximate surface area is 148 Å². The monoisotopic (exact) mass is 342 g/mol. The molecule has 7 atom stereocenters. The maximum Gasteiger partial charge on any atom is 0.133 e. The standard InChI is InChI=1S/C21H26O4/c1-4-21(24)8-7-17-15-10-18(22)16-9-12(25-3)5-6-13(16)14(15)11-19(23)20(17,21)2/h1,5-6,9,14-15,17-19,22-24H,7-8,10-11H2,2-3H3/t14-,15-,17+,18-,19-,20-,21+/m1/s1. The van der Waals surface area contributed by atoms with Crippen LogP contribution in [0.15, 0.2) is 18.2 Å². The normalized spacial score (nSPS) is 45.0. The topological polar surface area (TPSA) is 69.9 Å². The lowest BCUT2D eigenvalue weighted by molar-refractivity contribution is -0.146. The van der Waals surface area contributed by atoms with E-state index in [2.05, 4.69) is 5.92 Å². The van der Waals surface area contributed by atoms with Gasteiger partial charge in [0.1, 0.15) is 11.4 Å². The summed E-state index contributed by atoms with van der Waals surface area (Å²) in [7, 11) is 1.62. The maximum atomic E-state index is 11.0. The maximum absolute atomic E-state index is 11.0. The summed E-state index contributed by atoms with van der Waals surface area (Å²) in [6.45, 7) is 1.93. The van der Waals surface area contributed by atoms with Gasteiger partial charge in [-0.1, -0.05) is 18.9 Å². The molecule has 0 saturated heterocycles. The molecule has 2 fully saturated rings. The van der Waals surface area contributed by atoms with Gasteiger partial charge in [0, 0.05) is 5.41 Å². The zero-order valence-electron chi connectivity index (χ0n) is 14.8. The van der Waals surface area contributed by atoms with Gasteiger partial charge in [-0.05, 0) is 66.7 Å². The Hall–Kier alpha value is -1.54. The van der Waals surface area contributed by atoms with Crippen molar-refractivity contribution in [3.8, 4) is 18.1 Å². The van der Waals surface area contributed by atoms with Crippen LogP contribution in [0.4, 0.5) is 0 Å². The third kappa shape index (κ3) is 2.07. The van der Waals surface area contributed by atoms with Crippen LogP contribution >= 0.6 is 0 Å². The van der Waals surface area contributed by atoms with Crippen LogP contribution in [0.25, 0.3) is 0 Å². The second-order valence-electron chi connectivity index (χ2n) is 8.20. The summed E-state index contributed by atoms with van der Waals surface area (Å²) < 4.78 is 5.30. The highest BCUT2D eigenvalue weighted by molar-refractivity contribution is 5.43. The molecule has 3 N–H and O–H groups in total. The molecule has 4 rings (SSSR count). The van der Waals surface area contributed by atoms with Crippen LogP contribution < -0.4 is 4.74 Å². The molecular weight excluding hydrogens is 316 g/mol. The highest BCUT2D eigenvalue weighted by Gasteiger charge is 2.65. The molecule has 3 aliphatic carbocycles. The minimum Gasteiger partial charge on any atom is -0.497 e. The molecule has 4 heteroatoms. The van der Waals surface area contributed by atoms with Gasteiger partial charge in [0.05, 0.1) is 19.3 Å². The van der Waals surface area contributed by atoms with Crippen molar-refractivity contribution in [3.63, 3.8) is 0 Å². The van der Waals surface area contributed by atoms with E-state index in [1.807, 2.05) is 25.1 Å². The minimum atomic E-state index is -1.27. The first-order chi connectivity index (χ1) is 11.9. The van der Waals surface area contributed by atoms with E-state index in [9.17, 15) is 15.3 Å². The number of ether oxygens (including phenoxy) is 1. The summed E-state index contributed by atoms with van der Waals surface area (Å²) in [5.74, 6) is 3.80. The van der Waals surface area contributed by atoms with Crippen molar-refractivity contribution in [2.24, 2.45) is 17.3 Å². The van der Waals surface area contributed by atoms with Crippen LogP contribution in [0.2, 0.25) is 0 Å². The van der Waals surface area contributed by atoms with Crippen LogP contribution in [0, 0.1) is 29.6 Å². The van der Waals surface area contributed by atoms with Crippen molar-refractivity contribution in [3.05, 3.63) is 29.3 Å². The number of terminal acetylenes is 1. The highest BCUT2D eigenvalue weighted by Crippen LogP contribution is 2.65. The average molecular weight is 342 g/mol. The van der Waals surface area contributed by atoms with Crippen LogP contribution in [0.3, 0.4) is 0 Å². The first kappa shape index (κ1) is 16.9. The lowest BCUT2D eigenvalue weighted by Crippen LogP contribution is -2.57. The average Bonchev–Trinajstić information content (AvgIpc) is 2.90. The molecule has 4 nitrogen and oxygen atoms in total. The lowest BCUT2D eigenvalue weighted by atomic mass is 9.52. The Kier molecular flexibility index (Phi) is 3.70. The molecule has 0 amide bonds. The van der Waals surface area contributed by atoms with E-state index < -0.39 is 23.2 Å². The molecule has 0 unspecified atom stereocenters. The highest BCUT2D eigenvalue weighted by atomic mass is 16.5. The predicted molar refractivity (Wildman–Crippen MR) is 94.0 cm³/mol. The van der Waals surface area contributed by atoms with Crippen molar-refractivity contribution >= 4 is 0 Å². The minimum absolute atomic E-state index is 0.104. The van der Waals surface area contributed by atoms with Crippen LogP contribution in [-0.4, -0.2) is 34.1 Å². The van der Waals surface area contributed by atoms with E-state index in [0.29, 0.717) is 19.3 Å². The van der Waals surface area contributed by atoms with Crippen LogP contribution in [0.5, 0.6) is 5.75 Å². The number of fused-ring (bicyclic) bond motifs is 5. The van der Waals surface area contributed by atoms with Gasteiger partial charge < -0.3 is 20.1 Å². The molecule has 1 aromatic carbocycles. The second-order valence-corrected chi connectivity index (χ2v) is 8.20. The van der Waals surface area contributed by atoms with Gasteiger partial charge in [-0.2, -0.15) is 0 Å². The van der Waals surface area contributed by atoms with Crippen molar-refractivity contribution in [1.82, 2.24) is 0 Å². The second kappa shape index (κ2) is 5.48. The number of benzene rings is 1. The van der Waals surface area contributed by atoms with E-state index in [4.69, 9.17) is 11.2 Å². The molecule has 0 heterocycles. The van der Waals surface area contributed by atoms with E-state index in [1.165, 1.54) is 0 Å². The zero-order chi connectivity index (χ0) is 18.0. The summed E-state index contributed by atoms with van der Waals surface area (Å²) in [6, 6.07) is 5.84. The number of hydrogen-bond acceptors (Lipinski definition) is 4. The van der Waals surface area contributed by atoms with Gasteiger partial charge in [-0.25, -0.2) is 0 Å². The Morgan fingerprint density at radius 2 is 2.00 bits per heavy atom. The van der Waals surface area contributed by atoms with Crippen molar-refractivity contribution in [2.45, 2.75) is 56.3 Å².